The lowest BCUT2D eigenvalue weighted by Crippen LogP contribution is -2.24. The van der Waals surface area contributed by atoms with E-state index < -0.39 is 0 Å². The molecule has 0 fully saturated rings. The quantitative estimate of drug-likeness (QED) is 0.536. The molecule has 3 nitrogen and oxygen atoms in total. The lowest BCUT2D eigenvalue weighted by molar-refractivity contribution is -0.116. The molecule has 0 heterocycles. The molecule has 0 aliphatic heterocycles. The van der Waals surface area contributed by atoms with Crippen LogP contribution >= 0.6 is 11.8 Å². The largest absolute Gasteiger partial charge is 0.500 e. The average Bonchev–Trinajstić information content (AvgIpc) is 2.06. The Morgan fingerprint density at radius 1 is 1.58 bits per heavy atom. The normalized spacial score (nSPS) is 12.0. The third-order valence-electron chi connectivity index (χ3n) is 1.37. The van der Waals surface area contributed by atoms with Crippen LogP contribution in [0.3, 0.4) is 0 Å². The number of ether oxygens (including phenoxy) is 1. The molecule has 0 aliphatic rings. The second-order valence-electron chi connectivity index (χ2n) is 2.15. The van der Waals surface area contributed by atoms with Gasteiger partial charge in [0.1, 0.15) is 10.7 Å². The minimum absolute atomic E-state index is 0.0654. The van der Waals surface area contributed by atoms with E-state index in [1.807, 2.05) is 13.2 Å². The van der Waals surface area contributed by atoms with Gasteiger partial charge in [-0.15, -0.1) is 11.8 Å². The summed E-state index contributed by atoms with van der Waals surface area (Å²) in [5, 5.41) is 2.71. The maximum absolute atomic E-state index is 11.3. The van der Waals surface area contributed by atoms with Crippen LogP contribution in [0.1, 0.15) is 13.8 Å². The van der Waals surface area contributed by atoms with Crippen molar-refractivity contribution in [2.24, 2.45) is 0 Å². The van der Waals surface area contributed by atoms with Crippen molar-refractivity contribution in [1.82, 2.24) is 5.32 Å². The second kappa shape index (κ2) is 5.94. The van der Waals surface area contributed by atoms with Crippen LogP contribution in [0.2, 0.25) is 0 Å². The molecule has 0 saturated heterocycles. The van der Waals surface area contributed by atoms with E-state index in [1.54, 1.807) is 14.0 Å². The first-order valence-corrected chi connectivity index (χ1v) is 4.96. The number of methoxy groups -OCH3 is 1. The number of hydrogen-bond acceptors (Lipinski definition) is 3. The molecule has 0 atom stereocenters. The van der Waals surface area contributed by atoms with Gasteiger partial charge in [-0.05, 0) is 20.1 Å². The Bertz CT molecular complexity index is 189. The monoisotopic (exact) mass is 189 g/mol. The first-order valence-electron chi connectivity index (χ1n) is 3.74. The number of allylic oxidation sites excluding steroid dienone is 1. The summed E-state index contributed by atoms with van der Waals surface area (Å²) < 4.78 is 4.97. The van der Waals surface area contributed by atoms with Crippen molar-refractivity contribution in [3.63, 3.8) is 0 Å². The molecule has 4 heteroatoms. The van der Waals surface area contributed by atoms with Crippen LogP contribution < -0.4 is 5.32 Å². The van der Waals surface area contributed by atoms with Crippen molar-refractivity contribution in [1.29, 1.82) is 0 Å². The summed E-state index contributed by atoms with van der Waals surface area (Å²) in [6.07, 6.45) is 1.85. The summed E-state index contributed by atoms with van der Waals surface area (Å²) in [5.74, 6) is 0.595. The molecule has 12 heavy (non-hydrogen) atoms. The van der Waals surface area contributed by atoms with E-state index in [2.05, 4.69) is 5.32 Å². The van der Waals surface area contributed by atoms with Gasteiger partial charge in [-0.1, -0.05) is 0 Å². The number of carbonyl (C=O) groups is 1. The average molecular weight is 189 g/mol. The van der Waals surface area contributed by atoms with E-state index in [-0.39, 0.29) is 5.91 Å². The third-order valence-corrected chi connectivity index (χ3v) is 2.25. The van der Waals surface area contributed by atoms with Crippen LogP contribution in [0.25, 0.3) is 0 Å². The molecule has 0 bridgehead atoms. The molecule has 0 saturated carbocycles. The van der Waals surface area contributed by atoms with Crippen LogP contribution in [0, 0.1) is 0 Å². The third kappa shape index (κ3) is 3.17. The van der Waals surface area contributed by atoms with Crippen molar-refractivity contribution in [3.05, 3.63) is 10.7 Å². The predicted octanol–water partition coefficient (Wildman–Crippen LogP) is 1.36. The molecule has 1 N–H and O–H groups in total. The van der Waals surface area contributed by atoms with Crippen LogP contribution in [0.5, 0.6) is 0 Å². The summed E-state index contributed by atoms with van der Waals surface area (Å²) in [4.78, 5) is 11.9. The van der Waals surface area contributed by atoms with Crippen molar-refractivity contribution in [3.8, 4) is 0 Å². The van der Waals surface area contributed by atoms with E-state index in [1.165, 1.54) is 11.8 Å². The zero-order valence-corrected chi connectivity index (χ0v) is 8.75. The lowest BCUT2D eigenvalue weighted by Gasteiger charge is -2.07. The molecule has 0 rings (SSSR count). The number of nitrogens with one attached hydrogen (secondary N) is 1. The SMILES string of the molecule is CCNC(=O)/C(SC)=C(/C)OC. The Morgan fingerprint density at radius 3 is 2.50 bits per heavy atom. The summed E-state index contributed by atoms with van der Waals surface area (Å²) in [6, 6.07) is 0. The van der Waals surface area contributed by atoms with E-state index >= 15 is 0 Å². The number of hydrogen-bond donors (Lipinski definition) is 1. The van der Waals surface area contributed by atoms with Crippen LogP contribution in [-0.4, -0.2) is 25.8 Å². The zero-order chi connectivity index (χ0) is 9.56. The smallest absolute Gasteiger partial charge is 0.261 e. The van der Waals surface area contributed by atoms with E-state index in [0.29, 0.717) is 17.2 Å². The number of amides is 1. The number of carbonyl (C=O) groups excluding carboxylic acids is 1. The molecule has 0 radical (unpaired) electrons. The summed E-state index contributed by atoms with van der Waals surface area (Å²) in [5.41, 5.74) is 0. The van der Waals surface area contributed by atoms with Crippen LogP contribution in [-0.2, 0) is 9.53 Å². The highest BCUT2D eigenvalue weighted by Gasteiger charge is 2.10. The maximum Gasteiger partial charge on any atom is 0.261 e. The van der Waals surface area contributed by atoms with Gasteiger partial charge in [0.15, 0.2) is 0 Å². The van der Waals surface area contributed by atoms with Gasteiger partial charge in [0.25, 0.3) is 5.91 Å². The van der Waals surface area contributed by atoms with Gasteiger partial charge in [0.2, 0.25) is 0 Å². The molecule has 0 aromatic carbocycles. The predicted molar refractivity (Wildman–Crippen MR) is 51.9 cm³/mol. The highest BCUT2D eigenvalue weighted by Crippen LogP contribution is 2.16. The van der Waals surface area contributed by atoms with E-state index in [4.69, 9.17) is 4.74 Å². The van der Waals surface area contributed by atoms with Gasteiger partial charge >= 0.3 is 0 Å². The molecular formula is C8H15NO2S. The molecule has 70 valence electrons. The Morgan fingerprint density at radius 2 is 2.17 bits per heavy atom. The zero-order valence-electron chi connectivity index (χ0n) is 7.93. The highest BCUT2D eigenvalue weighted by molar-refractivity contribution is 8.03. The molecule has 0 aromatic heterocycles. The Labute approximate surface area is 77.6 Å². The minimum Gasteiger partial charge on any atom is -0.500 e. The van der Waals surface area contributed by atoms with Gasteiger partial charge in [0.05, 0.1) is 7.11 Å². The fourth-order valence-corrected chi connectivity index (χ4v) is 1.36. The van der Waals surface area contributed by atoms with Gasteiger partial charge in [0, 0.05) is 6.54 Å². The topological polar surface area (TPSA) is 38.3 Å². The first-order chi connectivity index (χ1) is 5.67. The van der Waals surface area contributed by atoms with Gasteiger partial charge < -0.3 is 10.1 Å². The van der Waals surface area contributed by atoms with Crippen molar-refractivity contribution < 1.29 is 9.53 Å². The standard InChI is InChI=1S/C8H15NO2S/c1-5-9-8(10)7(12-4)6(2)11-3/h5H2,1-4H3,(H,9,10)/b7-6+. The van der Waals surface area contributed by atoms with E-state index in [9.17, 15) is 4.79 Å². The molecule has 1 amide bonds. The Kier molecular flexibility index (Phi) is 5.62. The second-order valence-corrected chi connectivity index (χ2v) is 2.97. The number of rotatable bonds is 4. The van der Waals surface area contributed by atoms with Gasteiger partial charge in [-0.3, -0.25) is 4.79 Å². The van der Waals surface area contributed by atoms with Crippen molar-refractivity contribution in [2.45, 2.75) is 13.8 Å². The molecule has 0 aromatic rings. The van der Waals surface area contributed by atoms with Crippen molar-refractivity contribution >= 4 is 17.7 Å². The molecule has 0 unspecified atom stereocenters. The lowest BCUT2D eigenvalue weighted by atomic mass is 10.4. The Balaban J connectivity index is 4.44. The van der Waals surface area contributed by atoms with Crippen LogP contribution in [0.4, 0.5) is 0 Å². The van der Waals surface area contributed by atoms with Gasteiger partial charge in [-0.25, -0.2) is 0 Å². The fraction of sp³-hybridized carbons (Fsp3) is 0.625. The van der Waals surface area contributed by atoms with Crippen LogP contribution in [0.15, 0.2) is 10.7 Å². The summed E-state index contributed by atoms with van der Waals surface area (Å²) in [7, 11) is 1.56. The molecule has 0 aliphatic carbocycles. The van der Waals surface area contributed by atoms with E-state index in [0.717, 1.165) is 0 Å². The number of likely N-dealkylation sites (N-methyl/N-ethyl adjacent to an activating group) is 1. The fourth-order valence-electron chi connectivity index (χ4n) is 0.730. The van der Waals surface area contributed by atoms with Gasteiger partial charge in [-0.2, -0.15) is 0 Å². The molecule has 0 spiro atoms. The minimum atomic E-state index is -0.0654. The Hall–Kier alpha value is -0.640. The summed E-state index contributed by atoms with van der Waals surface area (Å²) in [6.45, 7) is 4.30. The van der Waals surface area contributed by atoms with Crippen molar-refractivity contribution in [2.75, 3.05) is 19.9 Å². The number of thioether (sulfide) groups is 1. The maximum atomic E-state index is 11.3. The highest BCUT2D eigenvalue weighted by atomic mass is 32.2. The summed E-state index contributed by atoms with van der Waals surface area (Å²) >= 11 is 1.39. The molecular weight excluding hydrogens is 174 g/mol. The first kappa shape index (κ1) is 11.4.